The van der Waals surface area contributed by atoms with Crippen molar-refractivity contribution >= 4 is 11.6 Å². The molecule has 1 amide bonds. The van der Waals surface area contributed by atoms with Crippen LogP contribution in [0.15, 0.2) is 18.2 Å². The van der Waals surface area contributed by atoms with E-state index in [1.807, 2.05) is 0 Å². The van der Waals surface area contributed by atoms with Crippen LogP contribution in [-0.4, -0.2) is 17.6 Å². The average molecular weight is 226 g/mol. The van der Waals surface area contributed by atoms with E-state index < -0.39 is 11.6 Å². The lowest BCUT2D eigenvalue weighted by Crippen LogP contribution is -2.22. The van der Waals surface area contributed by atoms with Crippen molar-refractivity contribution in [1.29, 1.82) is 0 Å². The second-order valence-electron chi connectivity index (χ2n) is 3.63. The molecular weight excluding hydrogens is 211 g/mol. The van der Waals surface area contributed by atoms with Crippen LogP contribution >= 0.6 is 0 Å². The molecule has 0 aromatic heterocycles. The van der Waals surface area contributed by atoms with Crippen molar-refractivity contribution in [2.45, 2.75) is 13.3 Å². The summed E-state index contributed by atoms with van der Waals surface area (Å²) in [5.41, 5.74) is 5.65. The maximum atomic E-state index is 13.0. The van der Waals surface area contributed by atoms with Gasteiger partial charge in [0.25, 0.3) is 0 Å². The van der Waals surface area contributed by atoms with Crippen molar-refractivity contribution in [3.63, 3.8) is 0 Å². The third kappa shape index (κ3) is 3.20. The van der Waals surface area contributed by atoms with E-state index >= 15 is 0 Å². The Balaban J connectivity index is 2.66. The van der Waals surface area contributed by atoms with Gasteiger partial charge < -0.3 is 16.2 Å². The van der Waals surface area contributed by atoms with Gasteiger partial charge in [-0.15, -0.1) is 0 Å². The number of amides is 1. The predicted octanol–water partition coefficient (Wildman–Crippen LogP) is 1.45. The van der Waals surface area contributed by atoms with Gasteiger partial charge in [0.1, 0.15) is 0 Å². The standard InChI is InChI=1S/C11H15FN2O2/c1-7(4-5-13)11(16)14-8-2-3-10(15)9(12)6-8/h2-3,6-7,15H,4-5,13H2,1H3,(H,14,16). The number of hydrogen-bond donors (Lipinski definition) is 3. The molecule has 16 heavy (non-hydrogen) atoms. The summed E-state index contributed by atoms with van der Waals surface area (Å²) in [6, 6.07) is 3.70. The third-order valence-electron chi connectivity index (χ3n) is 2.26. The molecule has 0 aliphatic carbocycles. The summed E-state index contributed by atoms with van der Waals surface area (Å²) >= 11 is 0. The molecule has 0 saturated carbocycles. The summed E-state index contributed by atoms with van der Waals surface area (Å²) < 4.78 is 13.0. The van der Waals surface area contributed by atoms with Crippen LogP contribution in [0.1, 0.15) is 13.3 Å². The molecule has 0 aliphatic heterocycles. The fourth-order valence-corrected chi connectivity index (χ4v) is 1.23. The van der Waals surface area contributed by atoms with Crippen LogP contribution in [0.2, 0.25) is 0 Å². The van der Waals surface area contributed by atoms with Crippen LogP contribution in [0.4, 0.5) is 10.1 Å². The minimum absolute atomic E-state index is 0.212. The van der Waals surface area contributed by atoms with Crippen LogP contribution in [0.3, 0.4) is 0 Å². The Morgan fingerprint density at radius 2 is 2.31 bits per heavy atom. The molecule has 1 unspecified atom stereocenters. The number of aromatic hydroxyl groups is 1. The normalized spacial score (nSPS) is 12.2. The monoisotopic (exact) mass is 226 g/mol. The third-order valence-corrected chi connectivity index (χ3v) is 2.26. The molecule has 5 heteroatoms. The second-order valence-corrected chi connectivity index (χ2v) is 3.63. The molecule has 0 spiro atoms. The van der Waals surface area contributed by atoms with Gasteiger partial charge in [-0.2, -0.15) is 0 Å². The van der Waals surface area contributed by atoms with Gasteiger partial charge in [-0.05, 0) is 25.1 Å². The van der Waals surface area contributed by atoms with Crippen LogP contribution in [0.5, 0.6) is 5.75 Å². The Morgan fingerprint density at radius 1 is 1.62 bits per heavy atom. The number of benzene rings is 1. The van der Waals surface area contributed by atoms with Crippen LogP contribution < -0.4 is 11.1 Å². The highest BCUT2D eigenvalue weighted by atomic mass is 19.1. The Bertz CT molecular complexity index is 382. The first kappa shape index (κ1) is 12.4. The molecule has 0 fully saturated rings. The Morgan fingerprint density at radius 3 is 2.88 bits per heavy atom. The Hall–Kier alpha value is -1.62. The van der Waals surface area contributed by atoms with Gasteiger partial charge in [0.15, 0.2) is 11.6 Å². The van der Waals surface area contributed by atoms with E-state index in [0.29, 0.717) is 18.7 Å². The smallest absolute Gasteiger partial charge is 0.227 e. The summed E-state index contributed by atoms with van der Waals surface area (Å²) in [5, 5.41) is 11.5. The first-order valence-corrected chi connectivity index (χ1v) is 5.04. The molecule has 1 aromatic carbocycles. The number of phenolic OH excluding ortho intramolecular Hbond substituents is 1. The molecule has 4 N–H and O–H groups in total. The van der Waals surface area contributed by atoms with E-state index in [9.17, 15) is 9.18 Å². The van der Waals surface area contributed by atoms with Gasteiger partial charge >= 0.3 is 0 Å². The molecule has 88 valence electrons. The number of anilines is 1. The zero-order valence-corrected chi connectivity index (χ0v) is 9.03. The van der Waals surface area contributed by atoms with Crippen molar-refractivity contribution in [2.24, 2.45) is 11.7 Å². The van der Waals surface area contributed by atoms with E-state index in [2.05, 4.69) is 5.32 Å². The fourth-order valence-electron chi connectivity index (χ4n) is 1.23. The minimum Gasteiger partial charge on any atom is -0.505 e. The van der Waals surface area contributed by atoms with E-state index in [4.69, 9.17) is 10.8 Å². The summed E-state index contributed by atoms with van der Waals surface area (Å²) in [5.74, 6) is -1.63. The lowest BCUT2D eigenvalue weighted by molar-refractivity contribution is -0.119. The second kappa shape index (κ2) is 5.46. The number of nitrogens with two attached hydrogens (primary N) is 1. The largest absolute Gasteiger partial charge is 0.505 e. The van der Waals surface area contributed by atoms with Gasteiger partial charge in [0.05, 0.1) is 0 Å². The highest BCUT2D eigenvalue weighted by molar-refractivity contribution is 5.92. The lowest BCUT2D eigenvalue weighted by atomic mass is 10.1. The zero-order chi connectivity index (χ0) is 12.1. The van der Waals surface area contributed by atoms with Crippen molar-refractivity contribution in [3.8, 4) is 5.75 Å². The minimum atomic E-state index is -0.760. The molecule has 1 atom stereocenters. The summed E-state index contributed by atoms with van der Waals surface area (Å²) in [7, 11) is 0. The molecular formula is C11H15FN2O2. The fraction of sp³-hybridized carbons (Fsp3) is 0.364. The predicted molar refractivity (Wildman–Crippen MR) is 59.5 cm³/mol. The van der Waals surface area contributed by atoms with Gasteiger partial charge in [-0.1, -0.05) is 6.92 Å². The van der Waals surface area contributed by atoms with Gasteiger partial charge in [-0.25, -0.2) is 4.39 Å². The van der Waals surface area contributed by atoms with Crippen LogP contribution in [-0.2, 0) is 4.79 Å². The van der Waals surface area contributed by atoms with Crippen molar-refractivity contribution in [1.82, 2.24) is 0 Å². The van der Waals surface area contributed by atoms with Crippen molar-refractivity contribution in [3.05, 3.63) is 24.0 Å². The van der Waals surface area contributed by atoms with Crippen LogP contribution in [0.25, 0.3) is 0 Å². The molecule has 0 aliphatic rings. The van der Waals surface area contributed by atoms with Crippen LogP contribution in [0, 0.1) is 11.7 Å². The SMILES string of the molecule is CC(CCN)C(=O)Nc1ccc(O)c(F)c1. The first-order valence-electron chi connectivity index (χ1n) is 5.04. The van der Waals surface area contributed by atoms with E-state index in [1.54, 1.807) is 6.92 Å². The Kier molecular flexibility index (Phi) is 4.25. The summed E-state index contributed by atoms with van der Waals surface area (Å²) in [6.07, 6.45) is 0.576. The number of phenols is 1. The highest BCUT2D eigenvalue weighted by Gasteiger charge is 2.12. The molecule has 4 nitrogen and oxygen atoms in total. The lowest BCUT2D eigenvalue weighted by Gasteiger charge is -2.11. The van der Waals surface area contributed by atoms with E-state index in [0.717, 1.165) is 6.07 Å². The van der Waals surface area contributed by atoms with Gasteiger partial charge in [-0.3, -0.25) is 4.79 Å². The maximum Gasteiger partial charge on any atom is 0.227 e. The molecule has 0 heterocycles. The number of nitrogens with one attached hydrogen (secondary N) is 1. The highest BCUT2D eigenvalue weighted by Crippen LogP contribution is 2.19. The maximum absolute atomic E-state index is 13.0. The molecule has 0 bridgehead atoms. The van der Waals surface area contributed by atoms with E-state index in [-0.39, 0.29) is 11.8 Å². The zero-order valence-electron chi connectivity index (χ0n) is 9.03. The molecule has 0 saturated heterocycles. The summed E-state index contributed by atoms with van der Waals surface area (Å²) in [4.78, 5) is 11.5. The van der Waals surface area contributed by atoms with Gasteiger partial charge in [0, 0.05) is 17.7 Å². The first-order chi connectivity index (χ1) is 7.54. The molecule has 0 radical (unpaired) electrons. The van der Waals surface area contributed by atoms with Crippen molar-refractivity contribution < 1.29 is 14.3 Å². The van der Waals surface area contributed by atoms with E-state index in [1.165, 1.54) is 12.1 Å². The van der Waals surface area contributed by atoms with Crippen molar-refractivity contribution in [2.75, 3.05) is 11.9 Å². The molecule has 1 rings (SSSR count). The number of carbonyl (C=O) groups is 1. The number of halogens is 1. The number of carbonyl (C=O) groups excluding carboxylic acids is 1. The number of rotatable bonds is 4. The average Bonchev–Trinajstić information content (AvgIpc) is 2.24. The number of hydrogen-bond acceptors (Lipinski definition) is 3. The molecule has 1 aromatic rings. The quantitative estimate of drug-likeness (QED) is 0.680. The van der Waals surface area contributed by atoms with Gasteiger partial charge in [0.2, 0.25) is 5.91 Å². The Labute approximate surface area is 93.3 Å². The topological polar surface area (TPSA) is 75.4 Å². The summed E-state index contributed by atoms with van der Waals surface area (Å²) in [6.45, 7) is 2.18.